The predicted octanol–water partition coefficient (Wildman–Crippen LogP) is 2.13. The number of aromatic nitrogens is 2. The highest BCUT2D eigenvalue weighted by atomic mass is 16.5. The number of benzene rings is 1. The molecule has 5 heteroatoms. The van der Waals surface area contributed by atoms with Crippen molar-refractivity contribution in [3.05, 3.63) is 42.0 Å². The normalized spacial score (nSPS) is 10.1. The van der Waals surface area contributed by atoms with Gasteiger partial charge in [-0.05, 0) is 5.56 Å². The minimum atomic E-state index is 0.488. The zero-order valence-corrected chi connectivity index (χ0v) is 11.3. The number of rotatable bonds is 5. The first-order valence-electron chi connectivity index (χ1n) is 5.95. The van der Waals surface area contributed by atoms with Crippen molar-refractivity contribution in [2.45, 2.75) is 6.54 Å². The smallest absolute Gasteiger partial charge is 0.232 e. The predicted molar refractivity (Wildman–Crippen MR) is 73.7 cm³/mol. The van der Waals surface area contributed by atoms with Gasteiger partial charge in [0, 0.05) is 13.6 Å². The molecular weight excluding hydrogens is 242 g/mol. The molecule has 1 aromatic carbocycles. The largest absolute Gasteiger partial charge is 0.481 e. The van der Waals surface area contributed by atoms with Crippen LogP contribution in [0.1, 0.15) is 5.56 Å². The molecule has 100 valence electrons. The number of hydrogen-bond acceptors (Lipinski definition) is 5. The summed E-state index contributed by atoms with van der Waals surface area (Å²) in [6, 6.07) is 11.8. The van der Waals surface area contributed by atoms with Crippen LogP contribution in [0.2, 0.25) is 0 Å². The van der Waals surface area contributed by atoms with Gasteiger partial charge in [0.2, 0.25) is 17.7 Å². The molecule has 0 atom stereocenters. The molecule has 5 nitrogen and oxygen atoms in total. The molecule has 0 saturated carbocycles. The third-order valence-corrected chi connectivity index (χ3v) is 2.69. The van der Waals surface area contributed by atoms with E-state index in [1.807, 2.05) is 30.1 Å². The third kappa shape index (κ3) is 3.34. The van der Waals surface area contributed by atoms with E-state index < -0.39 is 0 Å². The quantitative estimate of drug-likeness (QED) is 0.823. The maximum absolute atomic E-state index is 5.14. The summed E-state index contributed by atoms with van der Waals surface area (Å²) >= 11 is 0. The highest BCUT2D eigenvalue weighted by Gasteiger charge is 2.10. The lowest BCUT2D eigenvalue weighted by molar-refractivity contribution is 0.372. The van der Waals surface area contributed by atoms with Gasteiger partial charge in [-0.1, -0.05) is 30.3 Å². The van der Waals surface area contributed by atoms with Crippen molar-refractivity contribution in [1.82, 2.24) is 9.97 Å². The van der Waals surface area contributed by atoms with E-state index in [1.165, 1.54) is 5.56 Å². The zero-order chi connectivity index (χ0) is 13.7. The Hall–Kier alpha value is -2.30. The molecule has 2 rings (SSSR count). The Bertz CT molecular complexity index is 509. The molecule has 0 radical (unpaired) electrons. The highest BCUT2D eigenvalue weighted by molar-refractivity contribution is 5.37. The van der Waals surface area contributed by atoms with Crippen molar-refractivity contribution in [2.75, 3.05) is 26.2 Å². The van der Waals surface area contributed by atoms with Crippen LogP contribution in [0.4, 0.5) is 5.95 Å². The van der Waals surface area contributed by atoms with E-state index in [0.717, 1.165) is 6.54 Å². The molecule has 2 aromatic rings. The summed E-state index contributed by atoms with van der Waals surface area (Å²) < 4.78 is 10.3. The molecule has 0 aliphatic carbocycles. The van der Waals surface area contributed by atoms with Gasteiger partial charge in [0.1, 0.15) is 0 Å². The van der Waals surface area contributed by atoms with Crippen molar-refractivity contribution in [2.24, 2.45) is 0 Å². The fraction of sp³-hybridized carbons (Fsp3) is 0.286. The van der Waals surface area contributed by atoms with Gasteiger partial charge >= 0.3 is 0 Å². The molecule has 1 heterocycles. The van der Waals surface area contributed by atoms with Gasteiger partial charge in [0.15, 0.2) is 0 Å². The van der Waals surface area contributed by atoms with Crippen LogP contribution in [0, 0.1) is 0 Å². The van der Waals surface area contributed by atoms with Gasteiger partial charge < -0.3 is 14.4 Å². The molecule has 0 N–H and O–H groups in total. The van der Waals surface area contributed by atoms with Crippen LogP contribution in [0.5, 0.6) is 11.8 Å². The van der Waals surface area contributed by atoms with E-state index in [-0.39, 0.29) is 0 Å². The second-order valence-corrected chi connectivity index (χ2v) is 4.09. The van der Waals surface area contributed by atoms with E-state index in [9.17, 15) is 0 Å². The zero-order valence-electron chi connectivity index (χ0n) is 11.3. The summed E-state index contributed by atoms with van der Waals surface area (Å²) in [4.78, 5) is 10.6. The van der Waals surface area contributed by atoms with Crippen LogP contribution >= 0.6 is 0 Å². The summed E-state index contributed by atoms with van der Waals surface area (Å²) in [6.07, 6.45) is 0. The molecule has 19 heavy (non-hydrogen) atoms. The second kappa shape index (κ2) is 6.04. The summed E-state index contributed by atoms with van der Waals surface area (Å²) in [5.74, 6) is 1.54. The molecule has 1 aromatic heterocycles. The standard InChI is InChI=1S/C14H17N3O2/c1-17(10-11-7-5-4-6-8-11)14-15-12(18-2)9-13(16-14)19-3/h4-9H,10H2,1-3H3. The Labute approximate surface area is 112 Å². The van der Waals surface area contributed by atoms with Gasteiger partial charge in [-0.15, -0.1) is 0 Å². The van der Waals surface area contributed by atoms with Crippen molar-refractivity contribution < 1.29 is 9.47 Å². The van der Waals surface area contributed by atoms with Crippen molar-refractivity contribution in [3.63, 3.8) is 0 Å². The fourth-order valence-electron chi connectivity index (χ4n) is 1.70. The number of methoxy groups -OCH3 is 2. The lowest BCUT2D eigenvalue weighted by atomic mass is 10.2. The topological polar surface area (TPSA) is 47.5 Å². The molecule has 0 aliphatic rings. The van der Waals surface area contributed by atoms with E-state index in [2.05, 4.69) is 22.1 Å². The molecule has 0 spiro atoms. The monoisotopic (exact) mass is 259 g/mol. The van der Waals surface area contributed by atoms with Crippen LogP contribution in [0.25, 0.3) is 0 Å². The van der Waals surface area contributed by atoms with Crippen molar-refractivity contribution in [1.29, 1.82) is 0 Å². The van der Waals surface area contributed by atoms with Gasteiger partial charge in [-0.2, -0.15) is 9.97 Å². The Morgan fingerprint density at radius 2 is 1.58 bits per heavy atom. The van der Waals surface area contributed by atoms with E-state index in [1.54, 1.807) is 20.3 Å². The van der Waals surface area contributed by atoms with Crippen LogP contribution in [0.3, 0.4) is 0 Å². The maximum atomic E-state index is 5.14. The van der Waals surface area contributed by atoms with Crippen LogP contribution in [-0.4, -0.2) is 31.2 Å². The van der Waals surface area contributed by atoms with Crippen LogP contribution in [0.15, 0.2) is 36.4 Å². The lowest BCUT2D eigenvalue weighted by Gasteiger charge is -2.18. The van der Waals surface area contributed by atoms with Crippen LogP contribution in [-0.2, 0) is 6.54 Å². The first-order valence-corrected chi connectivity index (χ1v) is 5.95. The Balaban J connectivity index is 2.20. The molecule has 0 aliphatic heterocycles. The van der Waals surface area contributed by atoms with E-state index in [0.29, 0.717) is 17.7 Å². The molecule has 0 saturated heterocycles. The SMILES string of the molecule is COc1cc(OC)nc(N(C)Cc2ccccc2)n1. The summed E-state index contributed by atoms with van der Waals surface area (Å²) in [5.41, 5.74) is 1.19. The maximum Gasteiger partial charge on any atom is 0.232 e. The Morgan fingerprint density at radius 1 is 1.00 bits per heavy atom. The molecule has 0 bridgehead atoms. The molecule has 0 amide bonds. The number of nitrogens with zero attached hydrogens (tertiary/aromatic N) is 3. The summed E-state index contributed by atoms with van der Waals surface area (Å²) in [6.45, 7) is 0.719. The Morgan fingerprint density at radius 3 is 2.11 bits per heavy atom. The number of ether oxygens (including phenoxy) is 2. The average molecular weight is 259 g/mol. The van der Waals surface area contributed by atoms with E-state index >= 15 is 0 Å². The fourth-order valence-corrected chi connectivity index (χ4v) is 1.70. The summed E-state index contributed by atoms with van der Waals surface area (Å²) in [5, 5.41) is 0. The molecular formula is C14H17N3O2. The third-order valence-electron chi connectivity index (χ3n) is 2.69. The van der Waals surface area contributed by atoms with Crippen LogP contribution < -0.4 is 14.4 Å². The van der Waals surface area contributed by atoms with Crippen molar-refractivity contribution in [3.8, 4) is 11.8 Å². The minimum absolute atomic E-state index is 0.488. The van der Waals surface area contributed by atoms with Crippen molar-refractivity contribution >= 4 is 5.95 Å². The Kier molecular flexibility index (Phi) is 4.18. The second-order valence-electron chi connectivity index (χ2n) is 4.09. The number of hydrogen-bond donors (Lipinski definition) is 0. The summed E-state index contributed by atoms with van der Waals surface area (Å²) in [7, 11) is 5.08. The first-order chi connectivity index (χ1) is 9.22. The van der Waals surface area contributed by atoms with Gasteiger partial charge in [-0.25, -0.2) is 0 Å². The van der Waals surface area contributed by atoms with Gasteiger partial charge in [-0.3, -0.25) is 0 Å². The average Bonchev–Trinajstić information content (AvgIpc) is 2.47. The number of anilines is 1. The highest BCUT2D eigenvalue weighted by Crippen LogP contribution is 2.20. The van der Waals surface area contributed by atoms with E-state index in [4.69, 9.17) is 9.47 Å². The minimum Gasteiger partial charge on any atom is -0.481 e. The first kappa shape index (κ1) is 13.1. The lowest BCUT2D eigenvalue weighted by Crippen LogP contribution is -2.19. The molecule has 0 unspecified atom stereocenters. The van der Waals surface area contributed by atoms with Gasteiger partial charge in [0.25, 0.3) is 0 Å². The van der Waals surface area contributed by atoms with Gasteiger partial charge in [0.05, 0.1) is 20.3 Å². The molecule has 0 fully saturated rings.